The first-order valence-corrected chi connectivity index (χ1v) is 12.4. The molecule has 1 aliphatic carbocycles. The van der Waals surface area contributed by atoms with E-state index >= 15 is 0 Å². The van der Waals surface area contributed by atoms with E-state index in [1.54, 1.807) is 0 Å². The van der Waals surface area contributed by atoms with Crippen LogP contribution in [0.3, 0.4) is 0 Å². The summed E-state index contributed by atoms with van der Waals surface area (Å²) in [7, 11) is 6.61. The van der Waals surface area contributed by atoms with Gasteiger partial charge in [-0.2, -0.15) is 0 Å². The Balaban J connectivity index is 1.50. The van der Waals surface area contributed by atoms with Gasteiger partial charge in [0.05, 0.1) is 17.4 Å². The van der Waals surface area contributed by atoms with Crippen LogP contribution >= 0.6 is 0 Å². The quantitative estimate of drug-likeness (QED) is 0.600. The zero-order valence-corrected chi connectivity index (χ0v) is 21.2. The maximum absolute atomic E-state index is 5.05. The molecule has 1 aliphatic heterocycles. The molecule has 0 bridgehead atoms. The molecular formula is C27H40N6. The van der Waals surface area contributed by atoms with E-state index in [0.29, 0.717) is 18.1 Å². The Morgan fingerprint density at radius 1 is 1.18 bits per heavy atom. The highest BCUT2D eigenvalue weighted by atomic mass is 15.3. The van der Waals surface area contributed by atoms with Gasteiger partial charge in [0.1, 0.15) is 11.6 Å². The van der Waals surface area contributed by atoms with Crippen molar-refractivity contribution in [2.75, 3.05) is 27.7 Å². The number of rotatable bonds is 8. The standard InChI is InChI=1S/C27H40N6/c1-20(2)32(6)21(3)17-31(5)26-15-8-7-14-25-29-23(19-33(25)26)18-30(4)24-13-9-11-22-12-10-16-28-27(22)24/h7-8,10,12,15-16,19-21,24H,9,11,13-14,17-18H2,1-6H3. The lowest BCUT2D eigenvalue weighted by atomic mass is 9.91. The van der Waals surface area contributed by atoms with Crippen LogP contribution < -0.4 is 0 Å². The molecule has 0 N–H and O–H groups in total. The minimum atomic E-state index is 0.362. The summed E-state index contributed by atoms with van der Waals surface area (Å²) in [6.07, 6.45) is 15.1. The Bertz CT molecular complexity index is 1000. The van der Waals surface area contributed by atoms with Crippen LogP contribution in [0.2, 0.25) is 0 Å². The van der Waals surface area contributed by atoms with Crippen LogP contribution in [0.4, 0.5) is 0 Å². The third kappa shape index (κ3) is 5.22. The molecule has 2 unspecified atom stereocenters. The van der Waals surface area contributed by atoms with Crippen molar-refractivity contribution in [2.45, 2.75) is 71.1 Å². The van der Waals surface area contributed by atoms with Gasteiger partial charge in [-0.1, -0.05) is 18.2 Å². The normalized spacial score (nSPS) is 18.8. The van der Waals surface area contributed by atoms with Crippen molar-refractivity contribution >= 4 is 5.82 Å². The Morgan fingerprint density at radius 2 is 2.00 bits per heavy atom. The lowest BCUT2D eigenvalue weighted by Crippen LogP contribution is -2.42. The van der Waals surface area contributed by atoms with Gasteiger partial charge < -0.3 is 4.90 Å². The minimum absolute atomic E-state index is 0.362. The highest BCUT2D eigenvalue weighted by molar-refractivity contribution is 5.49. The number of imidazole rings is 1. The molecule has 2 aromatic rings. The van der Waals surface area contributed by atoms with Crippen LogP contribution in [0.1, 0.15) is 62.4 Å². The molecule has 6 nitrogen and oxygen atoms in total. The van der Waals surface area contributed by atoms with Gasteiger partial charge in [0.2, 0.25) is 0 Å². The molecule has 178 valence electrons. The fourth-order valence-electron chi connectivity index (χ4n) is 5.12. The van der Waals surface area contributed by atoms with E-state index in [4.69, 9.17) is 9.97 Å². The smallest absolute Gasteiger partial charge is 0.118 e. The van der Waals surface area contributed by atoms with Crippen LogP contribution in [-0.4, -0.2) is 69.0 Å². The highest BCUT2D eigenvalue weighted by Crippen LogP contribution is 2.32. The number of hydrogen-bond donors (Lipinski definition) is 0. The number of aryl methyl sites for hydroxylation is 1. The van der Waals surface area contributed by atoms with Gasteiger partial charge in [-0.15, -0.1) is 0 Å². The van der Waals surface area contributed by atoms with E-state index in [2.05, 4.69) is 97.7 Å². The van der Waals surface area contributed by atoms with Gasteiger partial charge in [-0.25, -0.2) is 4.98 Å². The summed E-state index contributed by atoms with van der Waals surface area (Å²) in [4.78, 5) is 17.0. The predicted octanol–water partition coefficient (Wildman–Crippen LogP) is 4.36. The number of aromatic nitrogens is 3. The van der Waals surface area contributed by atoms with Gasteiger partial charge >= 0.3 is 0 Å². The average molecular weight is 449 g/mol. The summed E-state index contributed by atoms with van der Waals surface area (Å²) in [5.41, 5.74) is 3.77. The number of pyridine rings is 1. The zero-order chi connectivity index (χ0) is 23.5. The molecule has 6 heteroatoms. The molecule has 33 heavy (non-hydrogen) atoms. The summed E-state index contributed by atoms with van der Waals surface area (Å²) < 4.78 is 2.29. The van der Waals surface area contributed by atoms with Crippen LogP contribution in [-0.2, 0) is 19.4 Å². The van der Waals surface area contributed by atoms with Crippen molar-refractivity contribution in [1.29, 1.82) is 0 Å². The van der Waals surface area contributed by atoms with Gasteiger partial charge in [-0.3, -0.25) is 19.4 Å². The van der Waals surface area contributed by atoms with E-state index in [0.717, 1.165) is 43.9 Å². The molecular weight excluding hydrogens is 408 g/mol. The van der Waals surface area contributed by atoms with Crippen LogP contribution in [0.25, 0.3) is 5.82 Å². The molecule has 2 atom stereocenters. The maximum Gasteiger partial charge on any atom is 0.118 e. The van der Waals surface area contributed by atoms with Crippen molar-refractivity contribution in [3.05, 3.63) is 65.5 Å². The first kappa shape index (κ1) is 23.7. The average Bonchev–Trinajstić information content (AvgIpc) is 3.08. The summed E-state index contributed by atoms with van der Waals surface area (Å²) in [5, 5.41) is 0. The lowest BCUT2D eigenvalue weighted by Gasteiger charge is -2.33. The largest absolute Gasteiger partial charge is 0.359 e. The van der Waals surface area contributed by atoms with Gasteiger partial charge in [0.15, 0.2) is 0 Å². The minimum Gasteiger partial charge on any atom is -0.359 e. The number of nitrogens with zero attached hydrogens (tertiary/aromatic N) is 6. The molecule has 0 saturated heterocycles. The Hall–Kier alpha value is -2.44. The van der Waals surface area contributed by atoms with Crippen molar-refractivity contribution in [3.8, 4) is 0 Å². The van der Waals surface area contributed by atoms with Crippen LogP contribution in [0.15, 0.2) is 42.8 Å². The molecule has 3 heterocycles. The van der Waals surface area contributed by atoms with E-state index < -0.39 is 0 Å². The molecule has 0 fully saturated rings. The third-order valence-electron chi connectivity index (χ3n) is 7.31. The van der Waals surface area contributed by atoms with Crippen molar-refractivity contribution in [3.63, 3.8) is 0 Å². The molecule has 0 amide bonds. The Morgan fingerprint density at radius 3 is 2.79 bits per heavy atom. The van der Waals surface area contributed by atoms with Crippen LogP contribution in [0, 0.1) is 0 Å². The van der Waals surface area contributed by atoms with Gasteiger partial charge in [0.25, 0.3) is 0 Å². The van der Waals surface area contributed by atoms with E-state index in [1.165, 1.54) is 23.5 Å². The van der Waals surface area contributed by atoms with Gasteiger partial charge in [0, 0.05) is 51.0 Å². The Kier molecular flexibility index (Phi) is 7.35. The number of allylic oxidation sites excluding steroid dienone is 3. The second-order valence-electron chi connectivity index (χ2n) is 10.0. The fraction of sp³-hybridized carbons (Fsp3) is 0.556. The van der Waals surface area contributed by atoms with Crippen molar-refractivity contribution < 1.29 is 0 Å². The fourth-order valence-corrected chi connectivity index (χ4v) is 5.12. The second kappa shape index (κ2) is 10.2. The summed E-state index contributed by atoms with van der Waals surface area (Å²) >= 11 is 0. The summed E-state index contributed by atoms with van der Waals surface area (Å²) in [6.45, 7) is 8.59. The van der Waals surface area contributed by atoms with Crippen LogP contribution in [0.5, 0.6) is 0 Å². The number of likely N-dealkylation sites (N-methyl/N-ethyl adjacent to an activating group) is 2. The van der Waals surface area contributed by atoms with Crippen molar-refractivity contribution in [2.24, 2.45) is 0 Å². The number of fused-ring (bicyclic) bond motifs is 2. The monoisotopic (exact) mass is 448 g/mol. The van der Waals surface area contributed by atoms with E-state index in [1.807, 2.05) is 6.20 Å². The lowest BCUT2D eigenvalue weighted by molar-refractivity contribution is 0.181. The topological polar surface area (TPSA) is 40.4 Å². The van der Waals surface area contributed by atoms with Crippen molar-refractivity contribution in [1.82, 2.24) is 29.2 Å². The molecule has 2 aromatic heterocycles. The summed E-state index contributed by atoms with van der Waals surface area (Å²) in [6, 6.07) is 5.64. The van der Waals surface area contributed by atoms with E-state index in [-0.39, 0.29) is 0 Å². The predicted molar refractivity (Wildman–Crippen MR) is 136 cm³/mol. The molecule has 0 spiro atoms. The third-order valence-corrected chi connectivity index (χ3v) is 7.31. The molecule has 0 saturated carbocycles. The van der Waals surface area contributed by atoms with E-state index in [9.17, 15) is 0 Å². The maximum atomic E-state index is 5.05. The highest BCUT2D eigenvalue weighted by Gasteiger charge is 2.26. The Labute approximate surface area is 199 Å². The zero-order valence-electron chi connectivity index (χ0n) is 21.2. The number of hydrogen-bond acceptors (Lipinski definition) is 5. The first-order chi connectivity index (χ1) is 15.8. The summed E-state index contributed by atoms with van der Waals surface area (Å²) in [5.74, 6) is 2.30. The second-order valence-corrected chi connectivity index (χ2v) is 10.0. The molecule has 2 aliphatic rings. The molecule has 0 aromatic carbocycles. The first-order valence-electron chi connectivity index (χ1n) is 12.4. The SMILES string of the molecule is CC(C)N(C)C(C)CN(C)C1=CC=CCc2nc(CN(C)C3CCCc4cccnc43)cn21. The van der Waals surface area contributed by atoms with Gasteiger partial charge in [-0.05, 0) is 71.8 Å². The molecule has 0 radical (unpaired) electrons. The molecule has 4 rings (SSSR count).